The van der Waals surface area contributed by atoms with Gasteiger partial charge in [-0.2, -0.15) is 9.29 Å². The fourth-order valence-electron chi connectivity index (χ4n) is 3.56. The van der Waals surface area contributed by atoms with E-state index in [4.69, 9.17) is 4.52 Å². The van der Waals surface area contributed by atoms with Gasteiger partial charge in [0.2, 0.25) is 15.9 Å². The predicted octanol–water partition coefficient (Wildman–Crippen LogP) is 2.57. The Morgan fingerprint density at radius 2 is 2.07 bits per heavy atom. The first-order valence-corrected chi connectivity index (χ1v) is 11.1. The normalized spacial score (nSPS) is 17.7. The lowest BCUT2D eigenvalue weighted by atomic mass is 9.97. The Kier molecular flexibility index (Phi) is 6.33. The van der Waals surface area contributed by atoms with Gasteiger partial charge >= 0.3 is 0 Å². The molecule has 8 nitrogen and oxygen atoms in total. The zero-order valence-electron chi connectivity index (χ0n) is 16.8. The lowest BCUT2D eigenvalue weighted by Gasteiger charge is -2.31. The fraction of sp³-hybridized carbons (Fsp3) is 0.526. The van der Waals surface area contributed by atoms with E-state index in [0.717, 1.165) is 29.3 Å². The Morgan fingerprint density at radius 1 is 1.34 bits per heavy atom. The summed E-state index contributed by atoms with van der Waals surface area (Å²) in [6, 6.07) is 3.48. The van der Waals surface area contributed by atoms with Gasteiger partial charge in [0.1, 0.15) is 10.7 Å². The molecule has 158 valence electrons. The maximum Gasteiger partial charge on any atom is 0.253 e. The number of halogens is 1. The van der Waals surface area contributed by atoms with Gasteiger partial charge in [0.15, 0.2) is 5.82 Å². The molecule has 2 heterocycles. The summed E-state index contributed by atoms with van der Waals surface area (Å²) in [6.45, 7) is 6.44. The molecule has 10 heteroatoms. The molecule has 0 radical (unpaired) electrons. The molecule has 1 atom stereocenters. The number of rotatable bonds is 6. The van der Waals surface area contributed by atoms with Crippen LogP contribution in [-0.4, -0.2) is 59.8 Å². The van der Waals surface area contributed by atoms with Crippen LogP contribution < -0.4 is 0 Å². The largest absolute Gasteiger partial charge is 0.339 e. The second-order valence-electron chi connectivity index (χ2n) is 7.00. The van der Waals surface area contributed by atoms with Crippen LogP contribution in [0.2, 0.25) is 0 Å². The second-order valence-corrected chi connectivity index (χ2v) is 8.91. The topological polar surface area (TPSA) is 96.6 Å². The van der Waals surface area contributed by atoms with Crippen molar-refractivity contribution < 1.29 is 22.1 Å². The van der Waals surface area contributed by atoms with Crippen molar-refractivity contribution >= 4 is 15.9 Å². The molecular formula is C19H25FN4O4S. The summed E-state index contributed by atoms with van der Waals surface area (Å²) in [6.07, 6.45) is 1.57. The third-order valence-electron chi connectivity index (χ3n) is 5.10. The highest BCUT2D eigenvalue weighted by atomic mass is 32.2. The molecule has 1 unspecified atom stereocenters. The van der Waals surface area contributed by atoms with Gasteiger partial charge in [-0.05, 0) is 38.0 Å². The number of aromatic nitrogens is 2. The number of hydrogen-bond acceptors (Lipinski definition) is 6. The van der Waals surface area contributed by atoms with E-state index in [9.17, 15) is 17.6 Å². The Morgan fingerprint density at radius 3 is 2.69 bits per heavy atom. The van der Waals surface area contributed by atoms with E-state index in [0.29, 0.717) is 24.8 Å². The summed E-state index contributed by atoms with van der Waals surface area (Å²) in [5, 5.41) is 3.80. The van der Waals surface area contributed by atoms with Gasteiger partial charge in [-0.1, -0.05) is 19.0 Å². The highest BCUT2D eigenvalue weighted by molar-refractivity contribution is 7.89. The van der Waals surface area contributed by atoms with Crippen LogP contribution in [0.5, 0.6) is 0 Å². The Labute approximate surface area is 169 Å². The van der Waals surface area contributed by atoms with Crippen molar-refractivity contribution in [2.45, 2.75) is 44.4 Å². The Hall–Kier alpha value is -2.33. The molecule has 0 saturated carbocycles. The summed E-state index contributed by atoms with van der Waals surface area (Å²) in [7, 11) is -4.02. The van der Waals surface area contributed by atoms with Crippen molar-refractivity contribution in [1.82, 2.24) is 19.3 Å². The molecule has 1 saturated heterocycles. The number of carbonyl (C=O) groups is 1. The van der Waals surface area contributed by atoms with Crippen molar-refractivity contribution in [2.24, 2.45) is 0 Å². The minimum absolute atomic E-state index is 0.0757. The number of piperidine rings is 1. The minimum Gasteiger partial charge on any atom is -0.339 e. The second kappa shape index (κ2) is 8.58. The Bertz CT molecular complexity index is 988. The van der Waals surface area contributed by atoms with Crippen molar-refractivity contribution in [1.29, 1.82) is 0 Å². The number of carbonyl (C=O) groups excluding carboxylic acids is 1. The predicted molar refractivity (Wildman–Crippen MR) is 103 cm³/mol. The number of hydrogen-bond donors (Lipinski definition) is 0. The molecule has 0 N–H and O–H groups in total. The molecule has 2 aromatic rings. The van der Waals surface area contributed by atoms with Crippen LogP contribution in [0.15, 0.2) is 27.6 Å². The van der Waals surface area contributed by atoms with Gasteiger partial charge in [-0.15, -0.1) is 0 Å². The lowest BCUT2D eigenvalue weighted by Crippen LogP contribution is -2.39. The molecule has 1 aliphatic rings. The number of nitrogens with zero attached hydrogens (tertiary/aromatic N) is 4. The molecule has 0 aliphatic carbocycles. The van der Waals surface area contributed by atoms with E-state index < -0.39 is 20.7 Å². The summed E-state index contributed by atoms with van der Waals surface area (Å²) >= 11 is 0. The van der Waals surface area contributed by atoms with Crippen LogP contribution in [0.4, 0.5) is 4.39 Å². The summed E-state index contributed by atoms with van der Waals surface area (Å²) in [5.41, 5.74) is 0.138. The fourth-order valence-corrected chi connectivity index (χ4v) is 5.11. The van der Waals surface area contributed by atoms with Crippen LogP contribution in [-0.2, 0) is 10.0 Å². The molecule has 1 fully saturated rings. The maximum absolute atomic E-state index is 14.3. The molecule has 1 amide bonds. The van der Waals surface area contributed by atoms with E-state index in [-0.39, 0.29) is 30.5 Å². The summed E-state index contributed by atoms with van der Waals surface area (Å²) in [5.74, 6) is -0.265. The van der Waals surface area contributed by atoms with Gasteiger partial charge in [-0.3, -0.25) is 4.79 Å². The number of aryl methyl sites for hydroxylation is 1. The minimum atomic E-state index is -4.02. The smallest absolute Gasteiger partial charge is 0.253 e. The van der Waals surface area contributed by atoms with Crippen LogP contribution in [0.25, 0.3) is 0 Å². The van der Waals surface area contributed by atoms with Crippen molar-refractivity contribution in [3.8, 4) is 0 Å². The van der Waals surface area contributed by atoms with Crippen molar-refractivity contribution in [3.63, 3.8) is 0 Å². The highest BCUT2D eigenvalue weighted by Crippen LogP contribution is 2.28. The highest BCUT2D eigenvalue weighted by Gasteiger charge is 2.31. The number of amides is 1. The molecule has 1 aromatic heterocycles. The summed E-state index contributed by atoms with van der Waals surface area (Å²) in [4.78, 5) is 18.4. The molecule has 0 bridgehead atoms. The molecule has 1 aromatic carbocycles. The SMILES string of the molecule is CCN(CC)S(=O)(=O)c1cc(C(=O)N2CCCC(c3nc(C)no3)C2)ccc1F. The van der Waals surface area contributed by atoms with Crippen LogP contribution in [0.3, 0.4) is 0 Å². The zero-order chi connectivity index (χ0) is 21.2. The first-order valence-electron chi connectivity index (χ1n) is 9.67. The summed E-state index contributed by atoms with van der Waals surface area (Å²) < 4.78 is 46.2. The third-order valence-corrected chi connectivity index (χ3v) is 7.17. The van der Waals surface area contributed by atoms with Crippen LogP contribution in [0, 0.1) is 12.7 Å². The maximum atomic E-state index is 14.3. The third kappa shape index (κ3) is 4.32. The molecule has 29 heavy (non-hydrogen) atoms. The number of benzene rings is 1. The molecule has 0 spiro atoms. The standard InChI is InChI=1S/C19H25FN4O4S/c1-4-24(5-2)29(26,27)17-11-14(8-9-16(17)20)19(25)23-10-6-7-15(12-23)18-21-13(3)22-28-18/h8-9,11,15H,4-7,10,12H2,1-3H3. The average Bonchev–Trinajstić information content (AvgIpc) is 3.15. The quantitative estimate of drug-likeness (QED) is 0.707. The van der Waals surface area contributed by atoms with E-state index in [2.05, 4.69) is 10.1 Å². The molecular weight excluding hydrogens is 399 g/mol. The average molecular weight is 424 g/mol. The number of likely N-dealkylation sites (tertiary alicyclic amines) is 1. The van der Waals surface area contributed by atoms with Gasteiger partial charge in [0, 0.05) is 31.7 Å². The van der Waals surface area contributed by atoms with Gasteiger partial charge < -0.3 is 9.42 Å². The van der Waals surface area contributed by atoms with Gasteiger partial charge in [-0.25, -0.2) is 12.8 Å². The van der Waals surface area contributed by atoms with Crippen molar-refractivity contribution in [3.05, 3.63) is 41.3 Å². The number of sulfonamides is 1. The molecule has 3 rings (SSSR count). The zero-order valence-corrected chi connectivity index (χ0v) is 17.6. The van der Waals surface area contributed by atoms with Crippen LogP contribution >= 0.6 is 0 Å². The first kappa shape index (κ1) is 21.4. The Balaban J connectivity index is 1.86. The van der Waals surface area contributed by atoms with E-state index in [1.54, 1.807) is 25.7 Å². The lowest BCUT2D eigenvalue weighted by molar-refractivity contribution is 0.0695. The van der Waals surface area contributed by atoms with E-state index >= 15 is 0 Å². The first-order chi connectivity index (χ1) is 13.8. The van der Waals surface area contributed by atoms with Crippen molar-refractivity contribution in [2.75, 3.05) is 26.2 Å². The van der Waals surface area contributed by atoms with Gasteiger partial charge in [0.25, 0.3) is 5.91 Å². The van der Waals surface area contributed by atoms with E-state index in [1.165, 1.54) is 6.07 Å². The van der Waals surface area contributed by atoms with Gasteiger partial charge in [0.05, 0.1) is 5.92 Å². The molecule has 1 aliphatic heterocycles. The van der Waals surface area contributed by atoms with Crippen LogP contribution in [0.1, 0.15) is 54.7 Å². The monoisotopic (exact) mass is 424 g/mol. The van der Waals surface area contributed by atoms with E-state index in [1.807, 2.05) is 0 Å².